The number of rotatable bonds is 12. The normalized spacial score (nSPS) is 19.0. The number of aromatic nitrogens is 1. The van der Waals surface area contributed by atoms with E-state index in [1.807, 2.05) is 12.3 Å². The molecule has 0 amide bonds. The van der Waals surface area contributed by atoms with Crippen molar-refractivity contribution in [3.05, 3.63) is 48.2 Å². The van der Waals surface area contributed by atoms with Crippen LogP contribution in [0.2, 0.25) is 0 Å². The molecule has 2 heteroatoms. The van der Waals surface area contributed by atoms with Crippen LogP contribution in [0.3, 0.4) is 0 Å². The molecule has 1 aliphatic rings. The van der Waals surface area contributed by atoms with Gasteiger partial charge in [0, 0.05) is 5.56 Å². The molecule has 1 aromatic carbocycles. The Morgan fingerprint density at radius 1 is 0.800 bits per heavy atom. The Bertz CT molecular complexity index is 698. The van der Waals surface area contributed by atoms with E-state index < -0.39 is 0 Å². The van der Waals surface area contributed by atoms with E-state index in [-0.39, 0.29) is 0 Å². The number of hydrogen-bond acceptors (Lipinski definition) is 2. The van der Waals surface area contributed by atoms with Gasteiger partial charge in [-0.25, -0.2) is 0 Å². The minimum Gasteiger partial charge on any atom is -0.492 e. The topological polar surface area (TPSA) is 22.1 Å². The maximum Gasteiger partial charge on any atom is 0.137 e. The van der Waals surface area contributed by atoms with Crippen molar-refractivity contribution in [2.75, 3.05) is 6.61 Å². The lowest BCUT2D eigenvalue weighted by atomic mass is 9.78. The van der Waals surface area contributed by atoms with E-state index in [0.29, 0.717) is 0 Å². The zero-order chi connectivity index (χ0) is 21.0. The van der Waals surface area contributed by atoms with Crippen LogP contribution in [0.5, 0.6) is 5.75 Å². The molecule has 0 spiro atoms. The minimum absolute atomic E-state index is 0.782. The lowest BCUT2D eigenvalue weighted by molar-refractivity contribution is 0.250. The van der Waals surface area contributed by atoms with Crippen molar-refractivity contribution in [3.63, 3.8) is 0 Å². The molecule has 0 bridgehead atoms. The molecule has 1 aliphatic carbocycles. The molecule has 2 aromatic rings. The number of benzene rings is 1. The summed E-state index contributed by atoms with van der Waals surface area (Å²) in [6, 6.07) is 13.1. The van der Waals surface area contributed by atoms with Gasteiger partial charge in [-0.2, -0.15) is 0 Å². The highest BCUT2D eigenvalue weighted by Crippen LogP contribution is 2.34. The van der Waals surface area contributed by atoms with Crippen LogP contribution in [0.1, 0.15) is 90.0 Å². The van der Waals surface area contributed by atoms with E-state index in [0.717, 1.165) is 36.3 Å². The second-order valence-corrected chi connectivity index (χ2v) is 9.20. The zero-order valence-corrected chi connectivity index (χ0v) is 19.2. The summed E-state index contributed by atoms with van der Waals surface area (Å²) < 4.78 is 5.77. The van der Waals surface area contributed by atoms with Gasteiger partial charge in [-0.3, -0.25) is 4.98 Å². The van der Waals surface area contributed by atoms with Gasteiger partial charge in [-0.05, 0) is 48.8 Å². The SMILES string of the molecule is CCCCCOc1ccc(-c2ccc(CC[C@H]3CC[C@H](CCCC)CC3)cc2)nc1. The third kappa shape index (κ3) is 7.45. The summed E-state index contributed by atoms with van der Waals surface area (Å²) in [6.07, 6.45) is 18.0. The van der Waals surface area contributed by atoms with E-state index in [1.165, 1.54) is 81.8 Å². The van der Waals surface area contributed by atoms with Crippen LogP contribution in [0.15, 0.2) is 42.6 Å². The second kappa shape index (κ2) is 12.8. The van der Waals surface area contributed by atoms with E-state index in [2.05, 4.69) is 49.2 Å². The molecule has 30 heavy (non-hydrogen) atoms. The van der Waals surface area contributed by atoms with Crippen molar-refractivity contribution < 1.29 is 4.74 Å². The summed E-state index contributed by atoms with van der Waals surface area (Å²) in [7, 11) is 0. The second-order valence-electron chi connectivity index (χ2n) is 9.20. The zero-order valence-electron chi connectivity index (χ0n) is 19.2. The fraction of sp³-hybridized carbons (Fsp3) is 0.607. The summed E-state index contributed by atoms with van der Waals surface area (Å²) >= 11 is 0. The van der Waals surface area contributed by atoms with Gasteiger partial charge >= 0.3 is 0 Å². The quantitative estimate of drug-likeness (QED) is 0.330. The first-order chi connectivity index (χ1) is 14.8. The fourth-order valence-corrected chi connectivity index (χ4v) is 4.69. The molecule has 2 nitrogen and oxygen atoms in total. The largest absolute Gasteiger partial charge is 0.492 e. The van der Waals surface area contributed by atoms with E-state index in [1.54, 1.807) is 0 Å². The van der Waals surface area contributed by atoms with Gasteiger partial charge < -0.3 is 4.74 Å². The first kappa shape index (κ1) is 22.8. The average Bonchev–Trinajstić information content (AvgIpc) is 2.81. The van der Waals surface area contributed by atoms with Crippen LogP contribution < -0.4 is 4.74 Å². The third-order valence-corrected chi connectivity index (χ3v) is 6.78. The lowest BCUT2D eigenvalue weighted by Crippen LogP contribution is -2.15. The standard InChI is InChI=1S/C28H41NO/c1-3-5-7-21-30-27-19-20-28(29-22-27)26-17-15-25(16-18-26)14-13-24-11-9-23(10-12-24)8-6-4-2/h15-20,22-24H,3-14,21H2,1-2H3/t23-,24-. The average molecular weight is 408 g/mol. The summed E-state index contributed by atoms with van der Waals surface area (Å²) in [5.41, 5.74) is 3.67. The van der Waals surface area contributed by atoms with Crippen LogP contribution in [0, 0.1) is 11.8 Å². The summed E-state index contributed by atoms with van der Waals surface area (Å²) in [5.74, 6) is 2.83. The Morgan fingerprint density at radius 3 is 2.13 bits per heavy atom. The molecule has 0 N–H and O–H groups in total. The van der Waals surface area contributed by atoms with Crippen molar-refractivity contribution in [1.82, 2.24) is 4.98 Å². The van der Waals surface area contributed by atoms with E-state index >= 15 is 0 Å². The molecule has 0 unspecified atom stereocenters. The third-order valence-electron chi connectivity index (χ3n) is 6.78. The lowest BCUT2D eigenvalue weighted by Gasteiger charge is -2.28. The Hall–Kier alpha value is -1.83. The number of pyridine rings is 1. The predicted molar refractivity (Wildman–Crippen MR) is 128 cm³/mol. The smallest absolute Gasteiger partial charge is 0.137 e. The maximum absolute atomic E-state index is 5.77. The Labute approximate surface area is 184 Å². The summed E-state index contributed by atoms with van der Waals surface area (Å²) in [6.45, 7) is 5.30. The fourth-order valence-electron chi connectivity index (χ4n) is 4.69. The molecule has 3 rings (SSSR count). The van der Waals surface area contributed by atoms with Gasteiger partial charge in [-0.1, -0.05) is 95.9 Å². The first-order valence-electron chi connectivity index (χ1n) is 12.5. The molecule has 1 aromatic heterocycles. The Balaban J connectivity index is 1.41. The molecule has 1 fully saturated rings. The van der Waals surface area contributed by atoms with Gasteiger partial charge in [0.05, 0.1) is 18.5 Å². The van der Waals surface area contributed by atoms with Gasteiger partial charge in [-0.15, -0.1) is 0 Å². The van der Waals surface area contributed by atoms with Gasteiger partial charge in [0.2, 0.25) is 0 Å². The van der Waals surface area contributed by atoms with Gasteiger partial charge in [0.15, 0.2) is 0 Å². The number of nitrogens with zero attached hydrogens (tertiary/aromatic N) is 1. The maximum atomic E-state index is 5.77. The summed E-state index contributed by atoms with van der Waals surface area (Å²) in [5, 5.41) is 0. The Morgan fingerprint density at radius 2 is 1.50 bits per heavy atom. The molecule has 0 radical (unpaired) electrons. The molecule has 0 aliphatic heterocycles. The molecule has 1 saturated carbocycles. The number of unbranched alkanes of at least 4 members (excludes halogenated alkanes) is 3. The summed E-state index contributed by atoms with van der Waals surface area (Å²) in [4.78, 5) is 4.60. The van der Waals surface area contributed by atoms with Crippen molar-refractivity contribution in [2.24, 2.45) is 11.8 Å². The van der Waals surface area contributed by atoms with Crippen LogP contribution in [-0.2, 0) is 6.42 Å². The number of hydrogen-bond donors (Lipinski definition) is 0. The highest BCUT2D eigenvalue weighted by atomic mass is 16.5. The van der Waals surface area contributed by atoms with Crippen molar-refractivity contribution in [2.45, 2.75) is 90.9 Å². The van der Waals surface area contributed by atoms with Crippen molar-refractivity contribution >= 4 is 0 Å². The monoisotopic (exact) mass is 407 g/mol. The van der Waals surface area contributed by atoms with Crippen LogP contribution in [-0.4, -0.2) is 11.6 Å². The predicted octanol–water partition coefficient (Wildman–Crippen LogP) is 8.25. The number of ether oxygens (including phenoxy) is 1. The molecule has 0 atom stereocenters. The van der Waals surface area contributed by atoms with Gasteiger partial charge in [0.25, 0.3) is 0 Å². The van der Waals surface area contributed by atoms with Crippen LogP contribution in [0.4, 0.5) is 0 Å². The van der Waals surface area contributed by atoms with Crippen molar-refractivity contribution in [3.8, 4) is 17.0 Å². The van der Waals surface area contributed by atoms with Crippen LogP contribution in [0.25, 0.3) is 11.3 Å². The molecule has 0 saturated heterocycles. The molecular formula is C28H41NO. The minimum atomic E-state index is 0.782. The van der Waals surface area contributed by atoms with Crippen molar-refractivity contribution in [1.29, 1.82) is 0 Å². The Kier molecular flexibility index (Phi) is 9.73. The highest BCUT2D eigenvalue weighted by Gasteiger charge is 2.20. The molecule has 1 heterocycles. The highest BCUT2D eigenvalue weighted by molar-refractivity contribution is 5.59. The molecular weight excluding hydrogens is 366 g/mol. The first-order valence-corrected chi connectivity index (χ1v) is 12.5. The van der Waals surface area contributed by atoms with Gasteiger partial charge in [0.1, 0.15) is 5.75 Å². The number of aryl methyl sites for hydroxylation is 1. The van der Waals surface area contributed by atoms with Crippen LogP contribution >= 0.6 is 0 Å². The van der Waals surface area contributed by atoms with E-state index in [9.17, 15) is 0 Å². The molecule has 164 valence electrons. The van der Waals surface area contributed by atoms with E-state index in [4.69, 9.17) is 4.74 Å².